The van der Waals surface area contributed by atoms with Crippen LogP contribution in [-0.4, -0.2) is 12.5 Å². The summed E-state index contributed by atoms with van der Waals surface area (Å²) in [5.41, 5.74) is 5.24. The molecule has 0 fully saturated rings. The van der Waals surface area contributed by atoms with E-state index in [4.69, 9.17) is 11.6 Å². The molecule has 0 saturated heterocycles. The van der Waals surface area contributed by atoms with Crippen LogP contribution >= 0.6 is 11.6 Å². The summed E-state index contributed by atoms with van der Waals surface area (Å²) in [6, 6.07) is 11.8. The largest absolute Gasteiger partial charge is 0.324 e. The maximum atomic E-state index is 12.1. The second-order valence-corrected chi connectivity index (χ2v) is 5.92. The number of aryl methyl sites for hydroxylation is 3. The lowest BCUT2D eigenvalue weighted by Crippen LogP contribution is -2.28. The van der Waals surface area contributed by atoms with Crippen LogP contribution in [0.5, 0.6) is 0 Å². The molecule has 0 aromatic heterocycles. The van der Waals surface area contributed by atoms with E-state index in [9.17, 15) is 4.79 Å². The molecule has 2 aromatic carbocycles. The van der Waals surface area contributed by atoms with Crippen molar-refractivity contribution in [3.8, 4) is 0 Å². The quantitative estimate of drug-likeness (QED) is 0.875. The van der Waals surface area contributed by atoms with Crippen molar-refractivity contribution in [2.24, 2.45) is 0 Å². The molecule has 0 atom stereocenters. The average molecular weight is 317 g/mol. The molecule has 0 heterocycles. The minimum Gasteiger partial charge on any atom is -0.324 e. The van der Waals surface area contributed by atoms with E-state index in [1.807, 2.05) is 38.1 Å². The van der Waals surface area contributed by atoms with Gasteiger partial charge in [-0.25, -0.2) is 0 Å². The van der Waals surface area contributed by atoms with Crippen molar-refractivity contribution in [1.29, 1.82) is 0 Å². The van der Waals surface area contributed by atoms with Crippen molar-refractivity contribution in [2.75, 3.05) is 11.9 Å². The number of hydrogen-bond acceptors (Lipinski definition) is 2. The highest BCUT2D eigenvalue weighted by molar-refractivity contribution is 6.31. The van der Waals surface area contributed by atoms with Crippen molar-refractivity contribution in [2.45, 2.75) is 27.3 Å². The Morgan fingerprint density at radius 1 is 1.09 bits per heavy atom. The molecule has 2 N–H and O–H groups in total. The lowest BCUT2D eigenvalue weighted by atomic mass is 10.1. The van der Waals surface area contributed by atoms with Gasteiger partial charge in [0, 0.05) is 17.3 Å². The van der Waals surface area contributed by atoms with E-state index in [0.717, 1.165) is 22.4 Å². The van der Waals surface area contributed by atoms with Crippen LogP contribution in [-0.2, 0) is 11.3 Å². The molecule has 0 aliphatic rings. The van der Waals surface area contributed by atoms with Gasteiger partial charge >= 0.3 is 0 Å². The molecule has 0 aliphatic carbocycles. The number of hydrogen-bond donors (Lipinski definition) is 2. The third-order valence-corrected chi connectivity index (χ3v) is 3.87. The van der Waals surface area contributed by atoms with Gasteiger partial charge < -0.3 is 10.6 Å². The Morgan fingerprint density at radius 2 is 1.73 bits per heavy atom. The van der Waals surface area contributed by atoms with Gasteiger partial charge in [-0.1, -0.05) is 47.5 Å². The van der Waals surface area contributed by atoms with Crippen LogP contribution < -0.4 is 10.6 Å². The van der Waals surface area contributed by atoms with Gasteiger partial charge in [0.25, 0.3) is 0 Å². The number of carbonyl (C=O) groups is 1. The Hall–Kier alpha value is -1.84. The highest BCUT2D eigenvalue weighted by Gasteiger charge is 2.08. The fraction of sp³-hybridized carbons (Fsp3) is 0.278. The zero-order chi connectivity index (χ0) is 16.1. The van der Waals surface area contributed by atoms with Gasteiger partial charge in [0.1, 0.15) is 0 Å². The molecule has 4 heteroatoms. The molecule has 22 heavy (non-hydrogen) atoms. The van der Waals surface area contributed by atoms with Crippen LogP contribution in [0.25, 0.3) is 0 Å². The highest BCUT2D eigenvalue weighted by atomic mass is 35.5. The first-order chi connectivity index (χ1) is 10.5. The van der Waals surface area contributed by atoms with Gasteiger partial charge in [-0.05, 0) is 43.5 Å². The predicted octanol–water partition coefficient (Wildman–Crippen LogP) is 3.99. The van der Waals surface area contributed by atoms with E-state index in [1.54, 1.807) is 0 Å². The Balaban J connectivity index is 1.90. The van der Waals surface area contributed by atoms with E-state index in [1.165, 1.54) is 5.56 Å². The number of halogens is 1. The van der Waals surface area contributed by atoms with Gasteiger partial charge in [-0.15, -0.1) is 0 Å². The van der Waals surface area contributed by atoms with E-state index in [2.05, 4.69) is 29.7 Å². The number of nitrogens with one attached hydrogen (secondary N) is 2. The monoisotopic (exact) mass is 316 g/mol. The number of anilines is 1. The fourth-order valence-corrected chi connectivity index (χ4v) is 2.72. The second kappa shape index (κ2) is 7.43. The maximum absolute atomic E-state index is 12.1. The summed E-state index contributed by atoms with van der Waals surface area (Å²) in [4.78, 5) is 12.1. The molecule has 3 nitrogen and oxygen atoms in total. The summed E-state index contributed by atoms with van der Waals surface area (Å²) in [5, 5.41) is 6.80. The van der Waals surface area contributed by atoms with Crippen LogP contribution in [0.15, 0.2) is 36.4 Å². The summed E-state index contributed by atoms with van der Waals surface area (Å²) in [7, 11) is 0. The zero-order valence-electron chi connectivity index (χ0n) is 13.2. The molecular formula is C18H21ClN2O. The van der Waals surface area contributed by atoms with Gasteiger partial charge in [0.15, 0.2) is 0 Å². The molecule has 2 aromatic rings. The normalized spacial score (nSPS) is 10.5. The Kier molecular flexibility index (Phi) is 5.58. The number of benzene rings is 2. The van der Waals surface area contributed by atoms with E-state index >= 15 is 0 Å². The second-order valence-electron chi connectivity index (χ2n) is 5.52. The fourth-order valence-electron chi connectivity index (χ4n) is 2.51. The van der Waals surface area contributed by atoms with E-state index in [0.29, 0.717) is 11.6 Å². The van der Waals surface area contributed by atoms with Crippen molar-refractivity contribution in [1.82, 2.24) is 5.32 Å². The van der Waals surface area contributed by atoms with Crippen molar-refractivity contribution in [3.63, 3.8) is 0 Å². The van der Waals surface area contributed by atoms with Crippen molar-refractivity contribution >= 4 is 23.2 Å². The lowest BCUT2D eigenvalue weighted by Gasteiger charge is -2.13. The van der Waals surface area contributed by atoms with Gasteiger partial charge in [-0.3, -0.25) is 4.79 Å². The van der Waals surface area contributed by atoms with Crippen LogP contribution in [0.4, 0.5) is 5.69 Å². The topological polar surface area (TPSA) is 41.1 Å². The third kappa shape index (κ3) is 4.33. The van der Waals surface area contributed by atoms with Crippen LogP contribution in [0.2, 0.25) is 5.02 Å². The molecule has 0 aliphatic heterocycles. The maximum Gasteiger partial charge on any atom is 0.238 e. The van der Waals surface area contributed by atoms with E-state index < -0.39 is 0 Å². The smallest absolute Gasteiger partial charge is 0.238 e. The van der Waals surface area contributed by atoms with Crippen molar-refractivity contribution in [3.05, 3.63) is 63.7 Å². The number of amides is 1. The van der Waals surface area contributed by atoms with Gasteiger partial charge in [0.05, 0.1) is 6.54 Å². The third-order valence-electron chi connectivity index (χ3n) is 3.50. The predicted molar refractivity (Wildman–Crippen MR) is 92.4 cm³/mol. The summed E-state index contributed by atoms with van der Waals surface area (Å²) in [6.07, 6.45) is 0. The summed E-state index contributed by atoms with van der Waals surface area (Å²) >= 11 is 6.09. The summed E-state index contributed by atoms with van der Waals surface area (Å²) < 4.78 is 0. The molecular weight excluding hydrogens is 296 g/mol. The first-order valence-corrected chi connectivity index (χ1v) is 7.67. The average Bonchev–Trinajstić information content (AvgIpc) is 2.45. The molecule has 0 spiro atoms. The number of carbonyl (C=O) groups excluding carboxylic acids is 1. The first-order valence-electron chi connectivity index (χ1n) is 7.29. The van der Waals surface area contributed by atoms with Crippen molar-refractivity contribution < 1.29 is 4.79 Å². The molecule has 0 radical (unpaired) electrons. The van der Waals surface area contributed by atoms with E-state index in [-0.39, 0.29) is 12.5 Å². The van der Waals surface area contributed by atoms with Crippen LogP contribution in [0.1, 0.15) is 22.3 Å². The molecule has 0 saturated carbocycles. The minimum atomic E-state index is -0.0536. The van der Waals surface area contributed by atoms with Crippen LogP contribution in [0.3, 0.4) is 0 Å². The molecule has 116 valence electrons. The summed E-state index contributed by atoms with van der Waals surface area (Å²) in [5.74, 6) is -0.0536. The van der Waals surface area contributed by atoms with Gasteiger partial charge in [0.2, 0.25) is 5.91 Å². The Morgan fingerprint density at radius 3 is 2.36 bits per heavy atom. The number of rotatable bonds is 5. The Bertz CT molecular complexity index is 660. The minimum absolute atomic E-state index is 0.0536. The molecule has 2 rings (SSSR count). The highest BCUT2D eigenvalue weighted by Crippen LogP contribution is 2.21. The molecule has 0 unspecified atom stereocenters. The zero-order valence-corrected chi connectivity index (χ0v) is 13.9. The molecule has 1 amide bonds. The van der Waals surface area contributed by atoms with Gasteiger partial charge in [-0.2, -0.15) is 0 Å². The standard InChI is InChI=1S/C18H21ClN2O/c1-12-8-13(2)18(14(3)9-12)21-17(22)11-20-10-15-6-4-5-7-16(15)19/h4-9,20H,10-11H2,1-3H3,(H,21,22). The lowest BCUT2D eigenvalue weighted by molar-refractivity contribution is -0.115. The molecule has 0 bridgehead atoms. The summed E-state index contributed by atoms with van der Waals surface area (Å²) in [6.45, 7) is 6.88. The SMILES string of the molecule is Cc1cc(C)c(NC(=O)CNCc2ccccc2Cl)c(C)c1. The van der Waals surface area contributed by atoms with Crippen LogP contribution in [0, 0.1) is 20.8 Å². The first kappa shape index (κ1) is 16.5. The Labute approximate surface area is 136 Å².